The predicted molar refractivity (Wildman–Crippen MR) is 94.3 cm³/mol. The van der Waals surface area contributed by atoms with Gasteiger partial charge >= 0.3 is 0 Å². The molecule has 3 nitrogen and oxygen atoms in total. The topological polar surface area (TPSA) is 29.5 Å². The van der Waals surface area contributed by atoms with E-state index in [1.54, 1.807) is 14.0 Å². The highest BCUT2D eigenvalue weighted by atomic mass is 16.5. The van der Waals surface area contributed by atoms with Crippen LogP contribution >= 0.6 is 0 Å². The molecule has 23 heavy (non-hydrogen) atoms. The molecule has 3 rings (SSSR count). The highest BCUT2D eigenvalue weighted by molar-refractivity contribution is 5.93. The largest absolute Gasteiger partial charge is 0.497 e. The molecule has 0 bridgehead atoms. The summed E-state index contributed by atoms with van der Waals surface area (Å²) in [4.78, 5) is 13.6. The SMILES string of the molecule is C=C(OC)c1ccc(-c2ccc3c(c2)CCCN3C(C)=O)cc1. The minimum atomic E-state index is 0.112. The van der Waals surface area contributed by atoms with Gasteiger partial charge in [0.1, 0.15) is 5.76 Å². The Morgan fingerprint density at radius 2 is 1.83 bits per heavy atom. The van der Waals surface area contributed by atoms with Crippen molar-refractivity contribution in [2.24, 2.45) is 0 Å². The monoisotopic (exact) mass is 307 g/mol. The van der Waals surface area contributed by atoms with E-state index in [-0.39, 0.29) is 5.91 Å². The van der Waals surface area contributed by atoms with Crippen LogP contribution in [0.2, 0.25) is 0 Å². The standard InChI is InChI=1S/C20H21NO2/c1-14(23-3)16-6-8-17(9-7-16)18-10-11-20-19(13-18)5-4-12-21(20)15(2)22/h6-11,13H,1,4-5,12H2,2-3H3. The van der Waals surface area contributed by atoms with Gasteiger partial charge in [-0.3, -0.25) is 4.79 Å². The summed E-state index contributed by atoms with van der Waals surface area (Å²) in [6, 6.07) is 14.5. The fourth-order valence-corrected chi connectivity index (χ4v) is 3.07. The van der Waals surface area contributed by atoms with Gasteiger partial charge < -0.3 is 9.64 Å². The minimum Gasteiger partial charge on any atom is -0.497 e. The zero-order valence-corrected chi connectivity index (χ0v) is 13.6. The van der Waals surface area contributed by atoms with Crippen molar-refractivity contribution in [1.29, 1.82) is 0 Å². The molecule has 0 radical (unpaired) electrons. The number of ether oxygens (including phenoxy) is 1. The van der Waals surface area contributed by atoms with Crippen molar-refractivity contribution in [3.8, 4) is 11.1 Å². The van der Waals surface area contributed by atoms with E-state index in [4.69, 9.17) is 4.74 Å². The second-order valence-corrected chi connectivity index (χ2v) is 5.82. The van der Waals surface area contributed by atoms with Gasteiger partial charge in [-0.15, -0.1) is 0 Å². The van der Waals surface area contributed by atoms with Crippen molar-refractivity contribution in [2.45, 2.75) is 19.8 Å². The lowest BCUT2D eigenvalue weighted by Gasteiger charge is -2.29. The molecule has 0 aliphatic carbocycles. The highest BCUT2D eigenvalue weighted by Crippen LogP contribution is 2.32. The Labute approximate surface area is 137 Å². The average molecular weight is 307 g/mol. The molecule has 1 aliphatic heterocycles. The zero-order chi connectivity index (χ0) is 16.4. The summed E-state index contributed by atoms with van der Waals surface area (Å²) in [6.45, 7) is 6.31. The number of carbonyl (C=O) groups excluding carboxylic acids is 1. The molecule has 0 saturated carbocycles. The Morgan fingerprint density at radius 3 is 2.48 bits per heavy atom. The molecule has 0 N–H and O–H groups in total. The predicted octanol–water partition coefficient (Wildman–Crippen LogP) is 4.27. The number of amides is 1. The number of anilines is 1. The quantitative estimate of drug-likeness (QED) is 0.793. The summed E-state index contributed by atoms with van der Waals surface area (Å²) in [7, 11) is 1.63. The van der Waals surface area contributed by atoms with Gasteiger partial charge in [-0.05, 0) is 41.7 Å². The van der Waals surface area contributed by atoms with Crippen LogP contribution in [-0.2, 0) is 16.0 Å². The Kier molecular flexibility index (Phi) is 4.20. The summed E-state index contributed by atoms with van der Waals surface area (Å²) in [5, 5.41) is 0. The third-order valence-electron chi connectivity index (χ3n) is 4.36. The lowest BCUT2D eigenvalue weighted by Crippen LogP contribution is -2.33. The Hall–Kier alpha value is -2.55. The van der Waals surface area contributed by atoms with Crippen LogP contribution in [0.15, 0.2) is 49.0 Å². The lowest BCUT2D eigenvalue weighted by atomic mass is 9.95. The van der Waals surface area contributed by atoms with Gasteiger partial charge in [0.05, 0.1) is 7.11 Å². The number of fused-ring (bicyclic) bond motifs is 1. The first-order valence-corrected chi connectivity index (χ1v) is 7.85. The maximum Gasteiger partial charge on any atom is 0.223 e. The molecule has 1 heterocycles. The molecule has 0 spiro atoms. The summed E-state index contributed by atoms with van der Waals surface area (Å²) in [5.41, 5.74) is 5.60. The summed E-state index contributed by atoms with van der Waals surface area (Å²) in [6.07, 6.45) is 2.04. The molecule has 3 heteroatoms. The maximum atomic E-state index is 11.8. The number of nitrogens with zero attached hydrogens (tertiary/aromatic N) is 1. The fourth-order valence-electron chi connectivity index (χ4n) is 3.07. The molecule has 2 aromatic carbocycles. The van der Waals surface area contributed by atoms with E-state index >= 15 is 0 Å². The van der Waals surface area contributed by atoms with E-state index in [9.17, 15) is 4.79 Å². The van der Waals surface area contributed by atoms with E-state index in [0.29, 0.717) is 5.76 Å². The molecule has 2 aromatic rings. The van der Waals surface area contributed by atoms with E-state index in [0.717, 1.165) is 36.2 Å². The molecular formula is C20H21NO2. The molecule has 118 valence electrons. The van der Waals surface area contributed by atoms with Crippen molar-refractivity contribution < 1.29 is 9.53 Å². The first-order chi connectivity index (χ1) is 11.1. The van der Waals surface area contributed by atoms with Crippen LogP contribution in [0.4, 0.5) is 5.69 Å². The van der Waals surface area contributed by atoms with Crippen molar-refractivity contribution in [1.82, 2.24) is 0 Å². The number of carbonyl (C=O) groups is 1. The van der Waals surface area contributed by atoms with Crippen LogP contribution in [0.3, 0.4) is 0 Å². The fraction of sp³-hybridized carbons (Fsp3) is 0.250. The molecule has 1 amide bonds. The van der Waals surface area contributed by atoms with Crippen molar-refractivity contribution in [3.05, 3.63) is 60.2 Å². The number of benzene rings is 2. The van der Waals surface area contributed by atoms with Crippen molar-refractivity contribution in [3.63, 3.8) is 0 Å². The van der Waals surface area contributed by atoms with Gasteiger partial charge in [0.25, 0.3) is 0 Å². The summed E-state index contributed by atoms with van der Waals surface area (Å²) < 4.78 is 5.16. The number of rotatable bonds is 3. The lowest BCUT2D eigenvalue weighted by molar-refractivity contribution is -0.116. The molecule has 1 aliphatic rings. The molecule has 0 unspecified atom stereocenters. The Bertz CT molecular complexity index is 747. The van der Waals surface area contributed by atoms with Crippen LogP contribution in [-0.4, -0.2) is 19.6 Å². The molecular weight excluding hydrogens is 286 g/mol. The van der Waals surface area contributed by atoms with Crippen molar-refractivity contribution in [2.75, 3.05) is 18.6 Å². The number of aryl methyl sites for hydroxylation is 1. The van der Waals surface area contributed by atoms with Crippen LogP contribution in [0, 0.1) is 0 Å². The number of hydrogen-bond donors (Lipinski definition) is 0. The highest BCUT2D eigenvalue weighted by Gasteiger charge is 2.20. The van der Waals surface area contributed by atoms with Crippen molar-refractivity contribution >= 4 is 17.4 Å². The van der Waals surface area contributed by atoms with Gasteiger partial charge in [0.2, 0.25) is 5.91 Å². The molecule has 0 fully saturated rings. The normalized spacial score (nSPS) is 13.4. The molecule has 0 aromatic heterocycles. The number of methoxy groups -OCH3 is 1. The smallest absolute Gasteiger partial charge is 0.223 e. The van der Waals surface area contributed by atoms with Gasteiger partial charge in [-0.25, -0.2) is 0 Å². The first-order valence-electron chi connectivity index (χ1n) is 7.85. The van der Waals surface area contributed by atoms with Gasteiger partial charge in [0.15, 0.2) is 0 Å². The van der Waals surface area contributed by atoms with Gasteiger partial charge in [-0.1, -0.05) is 36.9 Å². The minimum absolute atomic E-state index is 0.112. The first kappa shape index (κ1) is 15.3. The van der Waals surface area contributed by atoms with E-state index in [1.165, 1.54) is 11.1 Å². The second kappa shape index (κ2) is 6.29. The average Bonchev–Trinajstić information content (AvgIpc) is 2.60. The summed E-state index contributed by atoms with van der Waals surface area (Å²) >= 11 is 0. The van der Waals surface area contributed by atoms with Crippen LogP contribution in [0.5, 0.6) is 0 Å². The molecule has 0 saturated heterocycles. The Balaban J connectivity index is 1.93. The number of hydrogen-bond acceptors (Lipinski definition) is 2. The summed E-state index contributed by atoms with van der Waals surface area (Å²) in [5.74, 6) is 0.778. The second-order valence-electron chi connectivity index (χ2n) is 5.82. The van der Waals surface area contributed by atoms with Crippen LogP contribution in [0.1, 0.15) is 24.5 Å². The third kappa shape index (κ3) is 3.00. The van der Waals surface area contributed by atoms with Crippen LogP contribution in [0.25, 0.3) is 16.9 Å². The maximum absolute atomic E-state index is 11.8. The Morgan fingerprint density at radius 1 is 1.13 bits per heavy atom. The van der Waals surface area contributed by atoms with E-state index < -0.39 is 0 Å². The van der Waals surface area contributed by atoms with Gasteiger partial charge in [0, 0.05) is 24.7 Å². The zero-order valence-electron chi connectivity index (χ0n) is 13.6. The van der Waals surface area contributed by atoms with E-state index in [1.807, 2.05) is 17.0 Å². The van der Waals surface area contributed by atoms with E-state index in [2.05, 4.69) is 36.9 Å². The van der Waals surface area contributed by atoms with Crippen LogP contribution < -0.4 is 4.90 Å². The molecule has 0 atom stereocenters. The third-order valence-corrected chi connectivity index (χ3v) is 4.36. The van der Waals surface area contributed by atoms with Gasteiger partial charge in [-0.2, -0.15) is 0 Å².